The van der Waals surface area contributed by atoms with Crippen molar-refractivity contribution in [3.05, 3.63) is 23.0 Å². The molecule has 16 heavy (non-hydrogen) atoms. The number of aromatic nitrogens is 1. The molecule has 4 heteroatoms. The molecule has 0 aliphatic heterocycles. The molecule has 1 aliphatic rings. The summed E-state index contributed by atoms with van der Waals surface area (Å²) in [4.78, 5) is 4.32. The van der Waals surface area contributed by atoms with Crippen LogP contribution in [0.2, 0.25) is 0 Å². The van der Waals surface area contributed by atoms with Crippen LogP contribution in [0.3, 0.4) is 0 Å². The SMILES string of the molecule is COCc1cnc(C)c(OC)c1C1CC1N. The van der Waals surface area contributed by atoms with Gasteiger partial charge in [0.25, 0.3) is 0 Å². The Bertz CT molecular complexity index is 393. The lowest BCUT2D eigenvalue weighted by atomic mass is 10.0. The van der Waals surface area contributed by atoms with Crippen LogP contribution in [-0.4, -0.2) is 25.2 Å². The zero-order valence-corrected chi connectivity index (χ0v) is 9.99. The van der Waals surface area contributed by atoms with E-state index in [9.17, 15) is 0 Å². The molecule has 0 saturated heterocycles. The Morgan fingerprint density at radius 1 is 1.50 bits per heavy atom. The third-order valence-corrected chi connectivity index (χ3v) is 3.05. The van der Waals surface area contributed by atoms with Crippen LogP contribution >= 0.6 is 0 Å². The molecule has 1 saturated carbocycles. The molecule has 0 radical (unpaired) electrons. The summed E-state index contributed by atoms with van der Waals surface area (Å²) in [6, 6.07) is 0.256. The maximum atomic E-state index is 5.92. The standard InChI is InChI=1S/C12H18N2O2/c1-7-12(16-3)11(9-4-10(9)13)8(5-14-7)6-15-2/h5,9-10H,4,6,13H2,1-3H3. The predicted molar refractivity (Wildman–Crippen MR) is 61.6 cm³/mol. The van der Waals surface area contributed by atoms with Gasteiger partial charge in [-0.2, -0.15) is 0 Å². The van der Waals surface area contributed by atoms with Gasteiger partial charge in [0, 0.05) is 36.4 Å². The van der Waals surface area contributed by atoms with E-state index >= 15 is 0 Å². The fourth-order valence-corrected chi connectivity index (χ4v) is 2.12. The summed E-state index contributed by atoms with van der Waals surface area (Å²) in [5, 5.41) is 0. The number of pyridine rings is 1. The molecule has 0 bridgehead atoms. The van der Waals surface area contributed by atoms with Gasteiger partial charge >= 0.3 is 0 Å². The zero-order chi connectivity index (χ0) is 11.7. The van der Waals surface area contributed by atoms with Crippen molar-refractivity contribution >= 4 is 0 Å². The van der Waals surface area contributed by atoms with E-state index in [1.54, 1.807) is 14.2 Å². The monoisotopic (exact) mass is 222 g/mol. The highest BCUT2D eigenvalue weighted by atomic mass is 16.5. The first-order valence-electron chi connectivity index (χ1n) is 5.46. The zero-order valence-electron chi connectivity index (χ0n) is 9.99. The van der Waals surface area contributed by atoms with Crippen LogP contribution in [0.25, 0.3) is 0 Å². The molecular weight excluding hydrogens is 204 g/mol. The molecule has 0 spiro atoms. The van der Waals surface area contributed by atoms with Gasteiger partial charge in [-0.05, 0) is 13.3 Å². The number of methoxy groups -OCH3 is 2. The Balaban J connectivity index is 2.45. The first-order chi connectivity index (χ1) is 7.69. The highest BCUT2D eigenvalue weighted by molar-refractivity contribution is 5.47. The third kappa shape index (κ3) is 1.90. The maximum Gasteiger partial charge on any atom is 0.143 e. The van der Waals surface area contributed by atoms with Gasteiger partial charge in [-0.1, -0.05) is 0 Å². The highest BCUT2D eigenvalue weighted by Gasteiger charge is 2.39. The maximum absolute atomic E-state index is 5.92. The molecule has 0 amide bonds. The molecule has 2 N–H and O–H groups in total. The number of hydrogen-bond acceptors (Lipinski definition) is 4. The third-order valence-electron chi connectivity index (χ3n) is 3.05. The topological polar surface area (TPSA) is 57.4 Å². The van der Waals surface area contributed by atoms with Gasteiger partial charge < -0.3 is 15.2 Å². The summed E-state index contributed by atoms with van der Waals surface area (Å²) in [5.74, 6) is 1.27. The van der Waals surface area contributed by atoms with Crippen molar-refractivity contribution in [1.29, 1.82) is 0 Å². The Kier molecular flexibility index (Phi) is 3.12. The molecule has 2 atom stereocenters. The summed E-state index contributed by atoms with van der Waals surface area (Å²) < 4.78 is 10.6. The second kappa shape index (κ2) is 4.39. The van der Waals surface area contributed by atoms with Gasteiger partial charge in [0.1, 0.15) is 5.75 Å². The Morgan fingerprint density at radius 3 is 2.69 bits per heavy atom. The van der Waals surface area contributed by atoms with Crippen LogP contribution in [0.1, 0.15) is 29.2 Å². The van der Waals surface area contributed by atoms with E-state index in [2.05, 4.69) is 4.98 Å². The van der Waals surface area contributed by atoms with E-state index in [0.29, 0.717) is 12.5 Å². The minimum Gasteiger partial charge on any atom is -0.495 e. The van der Waals surface area contributed by atoms with Crippen molar-refractivity contribution in [1.82, 2.24) is 4.98 Å². The second-order valence-electron chi connectivity index (χ2n) is 4.25. The molecule has 4 nitrogen and oxygen atoms in total. The van der Waals surface area contributed by atoms with Gasteiger partial charge in [-0.25, -0.2) is 0 Å². The van der Waals surface area contributed by atoms with Crippen LogP contribution in [0, 0.1) is 6.92 Å². The van der Waals surface area contributed by atoms with Crippen LogP contribution in [0.4, 0.5) is 0 Å². The second-order valence-corrected chi connectivity index (χ2v) is 4.25. The molecule has 1 aliphatic carbocycles. The first kappa shape index (κ1) is 11.4. The minimum absolute atomic E-state index is 0.256. The van der Waals surface area contributed by atoms with E-state index in [1.165, 1.54) is 5.56 Å². The molecule has 2 rings (SSSR count). The lowest BCUT2D eigenvalue weighted by Gasteiger charge is -2.14. The van der Waals surface area contributed by atoms with E-state index in [-0.39, 0.29) is 6.04 Å². The van der Waals surface area contributed by atoms with Crippen molar-refractivity contribution in [2.45, 2.75) is 31.9 Å². The molecule has 0 aromatic carbocycles. The molecule has 1 heterocycles. The summed E-state index contributed by atoms with van der Waals surface area (Å²) in [6.07, 6.45) is 2.89. The number of ether oxygens (including phenoxy) is 2. The van der Waals surface area contributed by atoms with Crippen molar-refractivity contribution in [2.75, 3.05) is 14.2 Å². The summed E-state index contributed by atoms with van der Waals surface area (Å²) >= 11 is 0. The summed E-state index contributed by atoms with van der Waals surface area (Å²) in [5.41, 5.74) is 9.10. The molecule has 88 valence electrons. The number of hydrogen-bond donors (Lipinski definition) is 1. The van der Waals surface area contributed by atoms with Gasteiger partial charge in [0.05, 0.1) is 19.4 Å². The molecule has 2 unspecified atom stereocenters. The molecule has 1 aromatic rings. The highest BCUT2D eigenvalue weighted by Crippen LogP contribution is 2.45. The largest absolute Gasteiger partial charge is 0.495 e. The number of nitrogens with zero attached hydrogens (tertiary/aromatic N) is 1. The number of nitrogens with two attached hydrogens (primary N) is 1. The lowest BCUT2D eigenvalue weighted by Crippen LogP contribution is -2.07. The van der Waals surface area contributed by atoms with E-state index in [4.69, 9.17) is 15.2 Å². The van der Waals surface area contributed by atoms with Gasteiger partial charge in [0.2, 0.25) is 0 Å². The average Bonchev–Trinajstić information content (AvgIpc) is 2.97. The Morgan fingerprint density at radius 2 is 2.19 bits per heavy atom. The smallest absolute Gasteiger partial charge is 0.143 e. The lowest BCUT2D eigenvalue weighted by molar-refractivity contribution is 0.183. The van der Waals surface area contributed by atoms with Crippen molar-refractivity contribution < 1.29 is 9.47 Å². The normalized spacial score (nSPS) is 23.2. The van der Waals surface area contributed by atoms with Crippen molar-refractivity contribution in [3.8, 4) is 5.75 Å². The van der Waals surface area contributed by atoms with Crippen LogP contribution in [0.5, 0.6) is 5.75 Å². The van der Waals surface area contributed by atoms with Crippen LogP contribution < -0.4 is 10.5 Å². The van der Waals surface area contributed by atoms with Gasteiger partial charge in [-0.3, -0.25) is 4.98 Å². The van der Waals surface area contributed by atoms with Gasteiger partial charge in [-0.15, -0.1) is 0 Å². The minimum atomic E-state index is 0.256. The molecule has 1 fully saturated rings. The van der Waals surface area contributed by atoms with E-state index < -0.39 is 0 Å². The van der Waals surface area contributed by atoms with Crippen molar-refractivity contribution in [3.63, 3.8) is 0 Å². The first-order valence-corrected chi connectivity index (χ1v) is 5.46. The Labute approximate surface area is 95.8 Å². The fraction of sp³-hybridized carbons (Fsp3) is 0.583. The Hall–Kier alpha value is -1.13. The quantitative estimate of drug-likeness (QED) is 0.835. The van der Waals surface area contributed by atoms with Gasteiger partial charge in [0.15, 0.2) is 0 Å². The van der Waals surface area contributed by atoms with E-state index in [0.717, 1.165) is 23.4 Å². The van der Waals surface area contributed by atoms with Crippen LogP contribution in [0.15, 0.2) is 6.20 Å². The molecule has 1 aromatic heterocycles. The van der Waals surface area contributed by atoms with Crippen LogP contribution in [-0.2, 0) is 11.3 Å². The molecular formula is C12H18N2O2. The average molecular weight is 222 g/mol. The summed E-state index contributed by atoms with van der Waals surface area (Å²) in [7, 11) is 3.36. The number of rotatable bonds is 4. The van der Waals surface area contributed by atoms with E-state index in [1.807, 2.05) is 13.1 Å². The fourth-order valence-electron chi connectivity index (χ4n) is 2.12. The van der Waals surface area contributed by atoms with Crippen molar-refractivity contribution in [2.24, 2.45) is 5.73 Å². The summed E-state index contributed by atoms with van der Waals surface area (Å²) in [6.45, 7) is 2.51. The number of aryl methyl sites for hydroxylation is 1. The predicted octanol–water partition coefficient (Wildman–Crippen LogP) is 1.36.